The van der Waals surface area contributed by atoms with Crippen LogP contribution in [0.15, 0.2) is 6.07 Å². The Kier molecular flexibility index (Phi) is 4.30. The van der Waals surface area contributed by atoms with Crippen molar-refractivity contribution < 1.29 is 14.5 Å². The number of carbonyl (C=O) groups excluding carboxylic acids is 2. The number of rotatable bonds is 3. The second-order valence-corrected chi connectivity index (χ2v) is 6.33. The molecule has 1 atom stereocenters. The first-order valence-corrected chi connectivity index (χ1v) is 8.25. The third-order valence-corrected chi connectivity index (χ3v) is 4.71. The van der Waals surface area contributed by atoms with Gasteiger partial charge in [0.15, 0.2) is 6.04 Å². The van der Waals surface area contributed by atoms with Crippen molar-refractivity contribution in [2.75, 3.05) is 37.6 Å². The summed E-state index contributed by atoms with van der Waals surface area (Å²) in [5, 5.41) is 0. The van der Waals surface area contributed by atoms with Crippen molar-refractivity contribution in [3.05, 3.63) is 17.5 Å². The molecular weight excluding hydrogens is 294 g/mol. The first-order chi connectivity index (χ1) is 11.0. The molecule has 0 radical (unpaired) electrons. The van der Waals surface area contributed by atoms with Gasteiger partial charge in [0.1, 0.15) is 0 Å². The Morgan fingerprint density at radius 2 is 1.78 bits per heavy atom. The number of nitrogens with one attached hydrogen (secondary N) is 1. The minimum atomic E-state index is -0.204. The number of likely N-dealkylation sites (N-methyl/N-ethyl adjacent to an activating group) is 1. The van der Waals surface area contributed by atoms with Crippen LogP contribution in [-0.2, 0) is 9.59 Å². The number of likely N-dealkylation sites (tertiary alicyclic amines) is 1. The molecule has 2 aliphatic heterocycles. The molecule has 1 aromatic rings. The van der Waals surface area contributed by atoms with Gasteiger partial charge >= 0.3 is 0 Å². The number of quaternary nitrogens is 1. The number of piperazine rings is 1. The van der Waals surface area contributed by atoms with E-state index in [1.807, 2.05) is 26.8 Å². The van der Waals surface area contributed by atoms with E-state index >= 15 is 0 Å². The highest BCUT2D eigenvalue weighted by molar-refractivity contribution is 6.04. The van der Waals surface area contributed by atoms with Gasteiger partial charge < -0.3 is 9.80 Å². The number of nitrogens with zero attached hydrogens (tertiary/aromatic N) is 4. The smallest absolute Gasteiger partial charge is 0.288 e. The minimum Gasteiger partial charge on any atom is -0.330 e. The largest absolute Gasteiger partial charge is 0.330 e. The van der Waals surface area contributed by atoms with Crippen LogP contribution in [0.4, 0.5) is 5.95 Å². The van der Waals surface area contributed by atoms with Gasteiger partial charge in [-0.05, 0) is 26.8 Å². The van der Waals surface area contributed by atoms with Crippen molar-refractivity contribution in [3.8, 4) is 0 Å². The summed E-state index contributed by atoms with van der Waals surface area (Å²) in [7, 11) is 0. The molecule has 3 heterocycles. The lowest BCUT2D eigenvalue weighted by Crippen LogP contribution is -3.19. The van der Waals surface area contributed by atoms with Gasteiger partial charge in [0.05, 0.1) is 32.6 Å². The number of carbonyl (C=O) groups is 2. The minimum absolute atomic E-state index is 0.0106. The molecule has 0 unspecified atom stereocenters. The predicted octanol–water partition coefficient (Wildman–Crippen LogP) is -1.05. The van der Waals surface area contributed by atoms with Crippen molar-refractivity contribution >= 4 is 17.8 Å². The summed E-state index contributed by atoms with van der Waals surface area (Å²) in [5.41, 5.74) is 1.94. The fourth-order valence-corrected chi connectivity index (χ4v) is 3.53. The molecule has 0 aromatic carbocycles. The second-order valence-electron chi connectivity index (χ2n) is 6.33. The highest BCUT2D eigenvalue weighted by Gasteiger charge is 2.45. The van der Waals surface area contributed by atoms with E-state index in [9.17, 15) is 9.59 Å². The lowest BCUT2D eigenvalue weighted by atomic mass is 10.2. The number of hydrogen-bond donors (Lipinski definition) is 1. The fourth-order valence-electron chi connectivity index (χ4n) is 3.53. The van der Waals surface area contributed by atoms with Gasteiger partial charge in [0, 0.05) is 17.9 Å². The highest BCUT2D eigenvalue weighted by Crippen LogP contribution is 2.13. The van der Waals surface area contributed by atoms with Gasteiger partial charge in [-0.25, -0.2) is 9.97 Å². The third kappa shape index (κ3) is 3.06. The molecule has 23 heavy (non-hydrogen) atoms. The molecule has 0 spiro atoms. The number of anilines is 1. The predicted molar refractivity (Wildman–Crippen MR) is 85.2 cm³/mol. The molecule has 0 bridgehead atoms. The number of imide groups is 1. The Bertz CT molecular complexity index is 605. The summed E-state index contributed by atoms with van der Waals surface area (Å²) in [5.74, 6) is 0.726. The monoisotopic (exact) mass is 318 g/mol. The van der Waals surface area contributed by atoms with Crippen LogP contribution in [0.2, 0.25) is 0 Å². The summed E-state index contributed by atoms with van der Waals surface area (Å²) in [4.78, 5) is 38.0. The third-order valence-electron chi connectivity index (χ3n) is 4.71. The maximum absolute atomic E-state index is 12.3. The molecular formula is C16H24N5O2+. The lowest BCUT2D eigenvalue weighted by molar-refractivity contribution is -0.915. The zero-order chi connectivity index (χ0) is 16.6. The standard InChI is InChI=1S/C16H23N5O2/c1-4-21-14(22)10-13(15(21)23)19-5-7-20(8-6-19)16-17-11(2)9-12(3)18-16/h9,13H,4-8,10H2,1-3H3/p+1/t13-/m0/s1. The van der Waals surface area contributed by atoms with E-state index in [2.05, 4.69) is 14.9 Å². The van der Waals surface area contributed by atoms with Crippen LogP contribution < -0.4 is 9.80 Å². The topological polar surface area (TPSA) is 70.8 Å². The first-order valence-electron chi connectivity index (χ1n) is 8.25. The zero-order valence-corrected chi connectivity index (χ0v) is 14.0. The molecule has 2 amide bonds. The van der Waals surface area contributed by atoms with Crippen LogP contribution in [0, 0.1) is 13.8 Å². The second kappa shape index (κ2) is 6.23. The number of hydrogen-bond acceptors (Lipinski definition) is 5. The molecule has 0 saturated carbocycles. The SMILES string of the molecule is CCN1C(=O)C[C@H]([NH+]2CCN(c3nc(C)cc(C)n3)CC2)C1=O. The molecule has 1 aromatic heterocycles. The van der Waals surface area contributed by atoms with Crippen molar-refractivity contribution in [1.82, 2.24) is 14.9 Å². The van der Waals surface area contributed by atoms with Crippen LogP contribution in [-0.4, -0.2) is 65.4 Å². The van der Waals surface area contributed by atoms with Gasteiger partial charge in [-0.3, -0.25) is 14.5 Å². The highest BCUT2D eigenvalue weighted by atomic mass is 16.2. The Morgan fingerprint density at radius 1 is 1.17 bits per heavy atom. The van der Waals surface area contributed by atoms with E-state index in [0.29, 0.717) is 13.0 Å². The summed E-state index contributed by atoms with van der Waals surface area (Å²) >= 11 is 0. The van der Waals surface area contributed by atoms with Crippen LogP contribution in [0.5, 0.6) is 0 Å². The summed E-state index contributed by atoms with van der Waals surface area (Å²) < 4.78 is 0. The summed E-state index contributed by atoms with van der Waals surface area (Å²) in [6, 6.07) is 1.76. The van der Waals surface area contributed by atoms with E-state index < -0.39 is 0 Å². The normalized spacial score (nSPS) is 23.0. The molecule has 124 valence electrons. The van der Waals surface area contributed by atoms with Gasteiger partial charge in [0.25, 0.3) is 5.91 Å². The Balaban J connectivity index is 1.65. The molecule has 3 rings (SSSR count). The van der Waals surface area contributed by atoms with E-state index in [1.165, 1.54) is 9.80 Å². The summed E-state index contributed by atoms with van der Waals surface area (Å²) in [6.07, 6.45) is 0.349. The molecule has 0 aliphatic carbocycles. The molecule has 2 aliphatic rings. The Morgan fingerprint density at radius 3 is 2.30 bits per heavy atom. The Hall–Kier alpha value is -2.02. The van der Waals surface area contributed by atoms with Crippen molar-refractivity contribution in [2.45, 2.75) is 33.2 Å². The van der Waals surface area contributed by atoms with E-state index in [-0.39, 0.29) is 17.9 Å². The van der Waals surface area contributed by atoms with Crippen LogP contribution in [0.1, 0.15) is 24.7 Å². The number of aryl methyl sites for hydroxylation is 2. The number of amides is 2. The summed E-state index contributed by atoms with van der Waals surface area (Å²) in [6.45, 7) is 9.55. The molecule has 2 saturated heterocycles. The van der Waals surface area contributed by atoms with E-state index in [4.69, 9.17) is 0 Å². The average molecular weight is 318 g/mol. The van der Waals surface area contributed by atoms with E-state index in [1.54, 1.807) is 0 Å². The average Bonchev–Trinajstić information content (AvgIpc) is 2.80. The zero-order valence-electron chi connectivity index (χ0n) is 14.0. The van der Waals surface area contributed by atoms with Crippen LogP contribution in [0.3, 0.4) is 0 Å². The van der Waals surface area contributed by atoms with Gasteiger partial charge in [-0.15, -0.1) is 0 Å². The molecule has 7 heteroatoms. The van der Waals surface area contributed by atoms with Gasteiger partial charge in [-0.1, -0.05) is 0 Å². The van der Waals surface area contributed by atoms with Crippen molar-refractivity contribution in [2.24, 2.45) is 0 Å². The van der Waals surface area contributed by atoms with Crippen LogP contribution in [0.25, 0.3) is 0 Å². The molecule has 7 nitrogen and oxygen atoms in total. The molecule has 1 N–H and O–H groups in total. The van der Waals surface area contributed by atoms with Crippen LogP contribution >= 0.6 is 0 Å². The lowest BCUT2D eigenvalue weighted by Gasteiger charge is -2.34. The first kappa shape index (κ1) is 15.9. The van der Waals surface area contributed by atoms with Crippen molar-refractivity contribution in [1.29, 1.82) is 0 Å². The Labute approximate surface area is 136 Å². The van der Waals surface area contributed by atoms with Crippen molar-refractivity contribution in [3.63, 3.8) is 0 Å². The quantitative estimate of drug-likeness (QED) is 0.720. The maximum atomic E-state index is 12.3. The number of aromatic nitrogens is 2. The van der Waals surface area contributed by atoms with Gasteiger partial charge in [-0.2, -0.15) is 0 Å². The maximum Gasteiger partial charge on any atom is 0.288 e. The molecule has 2 fully saturated rings. The van der Waals surface area contributed by atoms with Gasteiger partial charge in [0.2, 0.25) is 11.9 Å². The fraction of sp³-hybridized carbons (Fsp3) is 0.625. The van der Waals surface area contributed by atoms with E-state index in [0.717, 1.165) is 43.5 Å².